The Morgan fingerprint density at radius 1 is 1.21 bits per heavy atom. The standard InChI is InChI=1S/C20H18ClN3O4S/c1-2-22-20(23-13-5-8-15-16(9-13)28-11-27-15)29-17-10-18(25)24(19(17)26)14-6-3-12(21)4-7-14/h3-9,17H,2,10-11H2,1H3,(H,22,23)/t17-/m1/s1. The van der Waals surface area contributed by atoms with Crippen molar-refractivity contribution in [1.29, 1.82) is 0 Å². The number of hydrogen-bond acceptors (Lipinski definition) is 6. The lowest BCUT2D eigenvalue weighted by atomic mass is 10.3. The Labute approximate surface area is 177 Å². The van der Waals surface area contributed by atoms with Crippen LogP contribution in [0.3, 0.4) is 0 Å². The first-order chi connectivity index (χ1) is 14.0. The summed E-state index contributed by atoms with van der Waals surface area (Å²) >= 11 is 7.15. The van der Waals surface area contributed by atoms with E-state index in [0.29, 0.717) is 33.9 Å². The number of halogens is 1. The van der Waals surface area contributed by atoms with E-state index in [0.717, 1.165) is 5.69 Å². The highest BCUT2D eigenvalue weighted by Gasteiger charge is 2.40. The molecule has 2 aliphatic rings. The zero-order chi connectivity index (χ0) is 20.4. The molecule has 0 aliphatic carbocycles. The molecule has 0 bridgehead atoms. The summed E-state index contributed by atoms with van der Waals surface area (Å²) in [5.74, 6) is 0.830. The monoisotopic (exact) mass is 431 g/mol. The summed E-state index contributed by atoms with van der Waals surface area (Å²) in [5.41, 5.74) is 1.28. The summed E-state index contributed by atoms with van der Waals surface area (Å²) in [7, 11) is 0. The zero-order valence-corrected chi connectivity index (χ0v) is 17.1. The Hall–Kier alpha value is -2.71. The van der Waals surface area contributed by atoms with E-state index in [-0.39, 0.29) is 25.0 Å². The molecule has 1 saturated heterocycles. The highest BCUT2D eigenvalue weighted by Crippen LogP contribution is 2.35. The molecule has 2 aliphatic heterocycles. The van der Waals surface area contributed by atoms with Crippen LogP contribution < -0.4 is 19.7 Å². The van der Waals surface area contributed by atoms with Crippen molar-refractivity contribution in [3.05, 3.63) is 47.5 Å². The summed E-state index contributed by atoms with van der Waals surface area (Å²) in [5, 5.41) is 3.77. The first kappa shape index (κ1) is 19.6. The van der Waals surface area contributed by atoms with Crippen LogP contribution in [0, 0.1) is 0 Å². The van der Waals surface area contributed by atoms with E-state index in [1.165, 1.54) is 16.7 Å². The number of thioether (sulfide) groups is 1. The molecule has 4 rings (SSSR count). The molecule has 1 N–H and O–H groups in total. The number of rotatable bonds is 4. The average molecular weight is 432 g/mol. The minimum atomic E-state index is -0.551. The van der Waals surface area contributed by atoms with Gasteiger partial charge >= 0.3 is 0 Å². The number of fused-ring (bicyclic) bond motifs is 1. The van der Waals surface area contributed by atoms with Crippen molar-refractivity contribution in [1.82, 2.24) is 0 Å². The predicted octanol–water partition coefficient (Wildman–Crippen LogP) is 3.92. The Morgan fingerprint density at radius 2 is 1.97 bits per heavy atom. The molecule has 0 unspecified atom stereocenters. The number of amides is 2. The van der Waals surface area contributed by atoms with Gasteiger partial charge in [0.1, 0.15) is 5.25 Å². The summed E-state index contributed by atoms with van der Waals surface area (Å²) in [6.45, 7) is 2.64. The SMILES string of the molecule is CCN=C(Nc1ccc2c(c1)OCO2)S[C@@H]1CC(=O)N(c2ccc(Cl)cc2)C1=O. The number of nitrogens with zero attached hydrogens (tertiary/aromatic N) is 2. The minimum absolute atomic E-state index is 0.109. The molecule has 2 heterocycles. The van der Waals surface area contributed by atoms with Crippen LogP contribution in [0.15, 0.2) is 47.5 Å². The highest BCUT2D eigenvalue weighted by atomic mass is 35.5. The fourth-order valence-electron chi connectivity index (χ4n) is 3.04. The number of hydrogen-bond donors (Lipinski definition) is 1. The molecule has 2 amide bonds. The van der Waals surface area contributed by atoms with Crippen molar-refractivity contribution in [2.45, 2.75) is 18.6 Å². The van der Waals surface area contributed by atoms with Crippen LogP contribution in [0.1, 0.15) is 13.3 Å². The maximum Gasteiger partial charge on any atom is 0.247 e. The largest absolute Gasteiger partial charge is 0.454 e. The Kier molecular flexibility index (Phi) is 5.64. The maximum atomic E-state index is 12.9. The van der Waals surface area contributed by atoms with E-state index in [2.05, 4.69) is 10.3 Å². The molecule has 0 aromatic heterocycles. The molecular formula is C20H18ClN3O4S. The van der Waals surface area contributed by atoms with Gasteiger partial charge in [0.15, 0.2) is 16.7 Å². The molecule has 7 nitrogen and oxygen atoms in total. The molecule has 150 valence electrons. The van der Waals surface area contributed by atoms with Crippen molar-refractivity contribution in [3.8, 4) is 11.5 Å². The number of imide groups is 1. The number of ether oxygens (including phenoxy) is 2. The van der Waals surface area contributed by atoms with Crippen molar-refractivity contribution < 1.29 is 19.1 Å². The van der Waals surface area contributed by atoms with E-state index in [1.807, 2.05) is 25.1 Å². The van der Waals surface area contributed by atoms with Crippen LogP contribution in [0.4, 0.5) is 11.4 Å². The van der Waals surface area contributed by atoms with Gasteiger partial charge in [-0.25, -0.2) is 4.90 Å². The first-order valence-corrected chi connectivity index (χ1v) is 10.3. The number of carbonyl (C=O) groups is 2. The smallest absolute Gasteiger partial charge is 0.247 e. The maximum absolute atomic E-state index is 12.9. The van der Waals surface area contributed by atoms with Crippen LogP contribution in [0.5, 0.6) is 11.5 Å². The third kappa shape index (κ3) is 4.18. The second-order valence-electron chi connectivity index (χ2n) is 6.33. The number of nitrogens with one attached hydrogen (secondary N) is 1. The number of anilines is 2. The number of amidine groups is 1. The van der Waals surface area contributed by atoms with Crippen LogP contribution >= 0.6 is 23.4 Å². The third-order valence-corrected chi connectivity index (χ3v) is 5.73. The summed E-state index contributed by atoms with van der Waals surface area (Å²) < 4.78 is 10.7. The van der Waals surface area contributed by atoms with Crippen molar-refractivity contribution in [3.63, 3.8) is 0 Å². The van der Waals surface area contributed by atoms with Crippen LogP contribution in [0.25, 0.3) is 0 Å². The molecule has 1 fully saturated rings. The normalized spacial score (nSPS) is 18.5. The second-order valence-corrected chi connectivity index (χ2v) is 7.95. The first-order valence-electron chi connectivity index (χ1n) is 9.05. The van der Waals surface area contributed by atoms with Crippen LogP contribution in [-0.2, 0) is 9.59 Å². The molecule has 2 aromatic carbocycles. The Bertz CT molecular complexity index is 980. The van der Waals surface area contributed by atoms with E-state index in [1.54, 1.807) is 24.3 Å². The molecule has 2 aromatic rings. The van der Waals surface area contributed by atoms with Gasteiger partial charge in [-0.2, -0.15) is 0 Å². The van der Waals surface area contributed by atoms with Gasteiger partial charge in [0.05, 0.1) is 5.69 Å². The number of aliphatic imine (C=N–C) groups is 1. The fraction of sp³-hybridized carbons (Fsp3) is 0.250. The van der Waals surface area contributed by atoms with Gasteiger partial charge in [0, 0.05) is 29.7 Å². The van der Waals surface area contributed by atoms with Gasteiger partial charge < -0.3 is 14.8 Å². The molecule has 29 heavy (non-hydrogen) atoms. The van der Waals surface area contributed by atoms with E-state index < -0.39 is 5.25 Å². The van der Waals surface area contributed by atoms with Crippen molar-refractivity contribution in [2.24, 2.45) is 4.99 Å². The fourth-order valence-corrected chi connectivity index (χ4v) is 4.25. The van der Waals surface area contributed by atoms with E-state index >= 15 is 0 Å². The molecular weight excluding hydrogens is 414 g/mol. The van der Waals surface area contributed by atoms with Crippen molar-refractivity contribution >= 4 is 51.7 Å². The minimum Gasteiger partial charge on any atom is -0.454 e. The van der Waals surface area contributed by atoms with Crippen LogP contribution in [-0.4, -0.2) is 35.6 Å². The van der Waals surface area contributed by atoms with Gasteiger partial charge in [-0.1, -0.05) is 23.4 Å². The van der Waals surface area contributed by atoms with E-state index in [9.17, 15) is 9.59 Å². The third-order valence-electron chi connectivity index (χ3n) is 4.37. The molecule has 9 heteroatoms. The number of benzene rings is 2. The Balaban J connectivity index is 1.48. The molecule has 1 atom stereocenters. The second kappa shape index (κ2) is 8.34. The van der Waals surface area contributed by atoms with Gasteiger partial charge in [-0.05, 0) is 43.3 Å². The van der Waals surface area contributed by atoms with E-state index in [4.69, 9.17) is 21.1 Å². The molecule has 0 saturated carbocycles. The van der Waals surface area contributed by atoms with Crippen molar-refractivity contribution in [2.75, 3.05) is 23.6 Å². The lowest BCUT2D eigenvalue weighted by molar-refractivity contribution is -0.121. The Morgan fingerprint density at radius 3 is 2.72 bits per heavy atom. The number of carbonyl (C=O) groups excluding carboxylic acids is 2. The van der Waals surface area contributed by atoms with Gasteiger partial charge in [0.25, 0.3) is 0 Å². The predicted molar refractivity (Wildman–Crippen MR) is 114 cm³/mol. The summed E-state index contributed by atoms with van der Waals surface area (Å²) in [4.78, 5) is 31.0. The van der Waals surface area contributed by atoms with Crippen LogP contribution in [0.2, 0.25) is 5.02 Å². The molecule has 0 radical (unpaired) electrons. The summed E-state index contributed by atoms with van der Waals surface area (Å²) in [6, 6.07) is 12.1. The van der Waals surface area contributed by atoms with Gasteiger partial charge in [0.2, 0.25) is 18.6 Å². The van der Waals surface area contributed by atoms with Gasteiger partial charge in [-0.15, -0.1) is 0 Å². The zero-order valence-electron chi connectivity index (χ0n) is 15.6. The highest BCUT2D eigenvalue weighted by molar-refractivity contribution is 8.15. The average Bonchev–Trinajstić information content (AvgIpc) is 3.27. The topological polar surface area (TPSA) is 80.2 Å². The lowest BCUT2D eigenvalue weighted by Crippen LogP contribution is -2.31. The van der Waals surface area contributed by atoms with Gasteiger partial charge in [-0.3, -0.25) is 14.6 Å². The molecule has 0 spiro atoms. The quantitative estimate of drug-likeness (QED) is 0.449. The lowest BCUT2D eigenvalue weighted by Gasteiger charge is -2.16. The summed E-state index contributed by atoms with van der Waals surface area (Å²) in [6.07, 6.45) is 0.109.